The van der Waals surface area contributed by atoms with Crippen molar-refractivity contribution in [1.82, 2.24) is 10.2 Å². The third-order valence-electron chi connectivity index (χ3n) is 1.67. The highest BCUT2D eigenvalue weighted by molar-refractivity contribution is 5.98. The maximum Gasteiger partial charge on any atom is 0.249 e. The number of rotatable bonds is 4. The Morgan fingerprint density at radius 2 is 2.57 bits per heavy atom. The van der Waals surface area contributed by atoms with Gasteiger partial charge in [0.05, 0.1) is 0 Å². The smallest absolute Gasteiger partial charge is 0.249 e. The van der Waals surface area contributed by atoms with Crippen molar-refractivity contribution in [1.29, 1.82) is 0 Å². The van der Waals surface area contributed by atoms with Gasteiger partial charge in [-0.2, -0.15) is 5.10 Å². The van der Waals surface area contributed by atoms with E-state index >= 15 is 0 Å². The minimum absolute atomic E-state index is 0.218. The fourth-order valence-electron chi connectivity index (χ4n) is 0.950. The fourth-order valence-corrected chi connectivity index (χ4v) is 0.950. The Morgan fingerprint density at radius 3 is 3.14 bits per heavy atom. The second-order valence-corrected chi connectivity index (χ2v) is 2.76. The highest BCUT2D eigenvalue weighted by Gasteiger charge is 2.01. The zero-order valence-corrected chi connectivity index (χ0v) is 8.08. The maximum atomic E-state index is 11.2. The largest absolute Gasteiger partial charge is 0.327 e. The van der Waals surface area contributed by atoms with Crippen LogP contribution in [0.4, 0.5) is 5.82 Å². The lowest BCUT2D eigenvalue weighted by Gasteiger charge is -1.94. The minimum atomic E-state index is -0.218. The molecule has 0 aliphatic heterocycles. The van der Waals surface area contributed by atoms with Gasteiger partial charge in [-0.1, -0.05) is 13.0 Å². The first kappa shape index (κ1) is 10.5. The Labute approximate surface area is 82.4 Å². The number of carbonyl (C=O) groups excluding carboxylic acids is 1. The first-order valence-electron chi connectivity index (χ1n) is 4.48. The maximum absolute atomic E-state index is 11.2. The molecule has 0 unspecified atom stereocenters. The van der Waals surface area contributed by atoms with Gasteiger partial charge in [-0.05, 0) is 6.42 Å². The van der Waals surface area contributed by atoms with E-state index in [1.54, 1.807) is 12.1 Å². The van der Waals surface area contributed by atoms with Crippen LogP contribution in [0, 0.1) is 0 Å². The SMILES string of the molecule is CCc1cc(NC(=O)/C=C/CN)n[nH]1. The Balaban J connectivity index is 2.51. The topological polar surface area (TPSA) is 83.8 Å². The normalized spacial score (nSPS) is 10.7. The lowest BCUT2D eigenvalue weighted by molar-refractivity contribution is -0.111. The van der Waals surface area contributed by atoms with Crippen LogP contribution in [0.1, 0.15) is 12.6 Å². The van der Waals surface area contributed by atoms with Gasteiger partial charge in [-0.15, -0.1) is 0 Å². The standard InChI is InChI=1S/C9H14N4O/c1-2-7-6-8(13-12-7)11-9(14)4-3-5-10/h3-4,6H,2,5,10H2,1H3,(H2,11,12,13,14)/b4-3+. The lowest BCUT2D eigenvalue weighted by atomic mass is 10.3. The van der Waals surface area contributed by atoms with E-state index in [4.69, 9.17) is 5.73 Å². The molecule has 1 rings (SSSR count). The van der Waals surface area contributed by atoms with Crippen LogP contribution in [0.3, 0.4) is 0 Å². The van der Waals surface area contributed by atoms with Gasteiger partial charge >= 0.3 is 0 Å². The van der Waals surface area contributed by atoms with E-state index in [2.05, 4.69) is 15.5 Å². The van der Waals surface area contributed by atoms with Gasteiger partial charge in [0, 0.05) is 24.4 Å². The van der Waals surface area contributed by atoms with E-state index in [0.29, 0.717) is 12.4 Å². The van der Waals surface area contributed by atoms with Gasteiger partial charge in [-0.25, -0.2) is 0 Å². The van der Waals surface area contributed by atoms with Crippen molar-refractivity contribution in [2.45, 2.75) is 13.3 Å². The number of nitrogens with one attached hydrogen (secondary N) is 2. The highest BCUT2D eigenvalue weighted by atomic mass is 16.1. The third-order valence-corrected chi connectivity index (χ3v) is 1.67. The van der Waals surface area contributed by atoms with Crippen LogP contribution in [-0.2, 0) is 11.2 Å². The number of anilines is 1. The predicted octanol–water partition coefficient (Wildman–Crippen LogP) is 0.425. The van der Waals surface area contributed by atoms with Crippen molar-refractivity contribution in [3.8, 4) is 0 Å². The Hall–Kier alpha value is -1.62. The van der Waals surface area contributed by atoms with Gasteiger partial charge in [0.15, 0.2) is 5.82 Å². The number of aryl methyl sites for hydroxylation is 1. The van der Waals surface area contributed by atoms with Gasteiger partial charge < -0.3 is 11.1 Å². The van der Waals surface area contributed by atoms with Crippen molar-refractivity contribution in [2.24, 2.45) is 5.73 Å². The number of nitrogens with zero attached hydrogens (tertiary/aromatic N) is 1. The fraction of sp³-hybridized carbons (Fsp3) is 0.333. The summed E-state index contributed by atoms with van der Waals surface area (Å²) in [5.74, 6) is 0.318. The number of amides is 1. The quantitative estimate of drug-likeness (QED) is 0.607. The zero-order chi connectivity index (χ0) is 10.4. The summed E-state index contributed by atoms with van der Waals surface area (Å²) in [4.78, 5) is 11.2. The number of nitrogens with two attached hydrogens (primary N) is 1. The molecule has 0 saturated carbocycles. The third kappa shape index (κ3) is 3.02. The summed E-state index contributed by atoms with van der Waals surface area (Å²) in [7, 11) is 0. The lowest BCUT2D eigenvalue weighted by Crippen LogP contribution is -2.09. The molecule has 1 amide bonds. The minimum Gasteiger partial charge on any atom is -0.327 e. The van der Waals surface area contributed by atoms with E-state index < -0.39 is 0 Å². The predicted molar refractivity (Wildman–Crippen MR) is 54.8 cm³/mol. The Kier molecular flexibility index (Phi) is 3.87. The highest BCUT2D eigenvalue weighted by Crippen LogP contribution is 2.05. The van der Waals surface area contributed by atoms with E-state index in [0.717, 1.165) is 12.1 Å². The number of aromatic nitrogens is 2. The summed E-state index contributed by atoms with van der Waals surface area (Å²) in [6.45, 7) is 2.36. The van der Waals surface area contributed by atoms with Gasteiger partial charge in [0.25, 0.3) is 0 Å². The molecule has 14 heavy (non-hydrogen) atoms. The molecular formula is C9H14N4O. The summed E-state index contributed by atoms with van der Waals surface area (Å²) >= 11 is 0. The molecular weight excluding hydrogens is 180 g/mol. The molecule has 1 aromatic heterocycles. The van der Waals surface area contributed by atoms with Crippen LogP contribution in [0.5, 0.6) is 0 Å². The summed E-state index contributed by atoms with van der Waals surface area (Å²) in [6.07, 6.45) is 3.84. The second kappa shape index (κ2) is 5.18. The number of carbonyl (C=O) groups is 1. The van der Waals surface area contributed by atoms with Crippen LogP contribution >= 0.6 is 0 Å². The molecule has 76 valence electrons. The van der Waals surface area contributed by atoms with Crippen molar-refractivity contribution in [2.75, 3.05) is 11.9 Å². The Morgan fingerprint density at radius 1 is 1.79 bits per heavy atom. The molecule has 0 aliphatic rings. The first-order chi connectivity index (χ1) is 6.76. The van der Waals surface area contributed by atoms with Crippen LogP contribution in [-0.4, -0.2) is 22.6 Å². The average molecular weight is 194 g/mol. The van der Waals surface area contributed by atoms with Crippen LogP contribution < -0.4 is 11.1 Å². The van der Waals surface area contributed by atoms with Crippen LogP contribution in [0.15, 0.2) is 18.2 Å². The van der Waals surface area contributed by atoms with E-state index in [1.807, 2.05) is 6.92 Å². The summed E-state index contributed by atoms with van der Waals surface area (Å²) < 4.78 is 0. The van der Waals surface area contributed by atoms with E-state index in [1.165, 1.54) is 6.08 Å². The molecule has 0 spiro atoms. The molecule has 0 aromatic carbocycles. The molecule has 5 heteroatoms. The molecule has 0 aliphatic carbocycles. The molecule has 0 saturated heterocycles. The molecule has 0 fully saturated rings. The molecule has 0 radical (unpaired) electrons. The van der Waals surface area contributed by atoms with Crippen molar-refractivity contribution in [3.05, 3.63) is 23.9 Å². The van der Waals surface area contributed by atoms with E-state index in [9.17, 15) is 4.79 Å². The molecule has 0 atom stereocenters. The Bertz CT molecular complexity index is 329. The monoisotopic (exact) mass is 194 g/mol. The zero-order valence-electron chi connectivity index (χ0n) is 8.08. The van der Waals surface area contributed by atoms with Crippen molar-refractivity contribution >= 4 is 11.7 Å². The number of H-pyrrole nitrogens is 1. The molecule has 1 aromatic rings. The second-order valence-electron chi connectivity index (χ2n) is 2.76. The van der Waals surface area contributed by atoms with Crippen LogP contribution in [0.25, 0.3) is 0 Å². The summed E-state index contributed by atoms with van der Waals surface area (Å²) in [5, 5.41) is 9.32. The van der Waals surface area contributed by atoms with Gasteiger partial charge in [0.2, 0.25) is 5.91 Å². The first-order valence-corrected chi connectivity index (χ1v) is 4.48. The van der Waals surface area contributed by atoms with Gasteiger partial charge in [0.1, 0.15) is 0 Å². The van der Waals surface area contributed by atoms with Gasteiger partial charge in [-0.3, -0.25) is 9.89 Å². The summed E-state index contributed by atoms with van der Waals surface area (Å²) in [5.41, 5.74) is 6.20. The number of aromatic amines is 1. The molecule has 4 N–H and O–H groups in total. The number of hydrogen-bond acceptors (Lipinski definition) is 3. The van der Waals surface area contributed by atoms with E-state index in [-0.39, 0.29) is 5.91 Å². The van der Waals surface area contributed by atoms with Crippen molar-refractivity contribution < 1.29 is 4.79 Å². The van der Waals surface area contributed by atoms with Crippen molar-refractivity contribution in [3.63, 3.8) is 0 Å². The van der Waals surface area contributed by atoms with Crippen LogP contribution in [0.2, 0.25) is 0 Å². The molecule has 1 heterocycles. The average Bonchev–Trinajstić information content (AvgIpc) is 2.62. The number of hydrogen-bond donors (Lipinski definition) is 3. The molecule has 5 nitrogen and oxygen atoms in total. The summed E-state index contributed by atoms with van der Waals surface area (Å²) in [6, 6.07) is 1.80. The molecule has 0 bridgehead atoms.